The van der Waals surface area contributed by atoms with Crippen molar-refractivity contribution in [2.24, 2.45) is 5.73 Å². The van der Waals surface area contributed by atoms with Gasteiger partial charge in [0.2, 0.25) is 5.91 Å². The first-order chi connectivity index (χ1) is 8.26. The number of carbonyl (C=O) groups is 1. The molecule has 1 heterocycles. The molecule has 1 amide bonds. The van der Waals surface area contributed by atoms with E-state index in [0.717, 1.165) is 23.5 Å². The molecule has 0 saturated heterocycles. The van der Waals surface area contributed by atoms with Gasteiger partial charge in [-0.1, -0.05) is 6.07 Å². The van der Waals surface area contributed by atoms with Gasteiger partial charge >= 0.3 is 0 Å². The summed E-state index contributed by atoms with van der Waals surface area (Å²) >= 11 is 1.59. The highest BCUT2D eigenvalue weighted by Crippen LogP contribution is 2.35. The number of nitrogens with one attached hydrogen (secondary N) is 1. The standard InChI is InChI=1S/C12H17N3OS/c1-14-5-4-9-2-3-11-10(6-9)15(8-13)12(16)7-17-11/h2-3,6,14H,4-5,7-8,13H2,1H3. The molecule has 1 aliphatic rings. The van der Waals surface area contributed by atoms with Gasteiger partial charge in [-0.2, -0.15) is 0 Å². The molecule has 0 fully saturated rings. The number of rotatable bonds is 4. The largest absolute Gasteiger partial charge is 0.319 e. The van der Waals surface area contributed by atoms with E-state index < -0.39 is 0 Å². The van der Waals surface area contributed by atoms with Crippen LogP contribution in [0.25, 0.3) is 0 Å². The number of thioether (sulfide) groups is 1. The molecule has 4 nitrogen and oxygen atoms in total. The Morgan fingerprint density at radius 3 is 3.06 bits per heavy atom. The monoisotopic (exact) mass is 251 g/mol. The fraction of sp³-hybridized carbons (Fsp3) is 0.417. The number of anilines is 1. The Bertz CT molecular complexity index is 422. The predicted octanol–water partition coefficient (Wildman–Crippen LogP) is 0.803. The third-order valence-corrected chi connectivity index (χ3v) is 3.86. The second-order valence-electron chi connectivity index (χ2n) is 3.95. The van der Waals surface area contributed by atoms with Gasteiger partial charge in [-0.15, -0.1) is 11.8 Å². The van der Waals surface area contributed by atoms with E-state index in [1.54, 1.807) is 16.7 Å². The number of likely N-dealkylation sites (N-methyl/N-ethyl adjacent to an activating group) is 1. The topological polar surface area (TPSA) is 58.4 Å². The van der Waals surface area contributed by atoms with Crippen molar-refractivity contribution < 1.29 is 4.79 Å². The number of hydrogen-bond acceptors (Lipinski definition) is 4. The van der Waals surface area contributed by atoms with Gasteiger partial charge in [0.1, 0.15) is 0 Å². The van der Waals surface area contributed by atoms with Gasteiger partial charge in [-0.05, 0) is 37.7 Å². The Morgan fingerprint density at radius 1 is 1.53 bits per heavy atom. The summed E-state index contributed by atoms with van der Waals surface area (Å²) in [5.74, 6) is 0.579. The Kier molecular flexibility index (Phi) is 4.04. The molecule has 0 bridgehead atoms. The summed E-state index contributed by atoms with van der Waals surface area (Å²) in [7, 11) is 1.93. The van der Waals surface area contributed by atoms with Gasteiger partial charge in [-0.25, -0.2) is 0 Å². The van der Waals surface area contributed by atoms with E-state index in [9.17, 15) is 4.79 Å². The van der Waals surface area contributed by atoms with Crippen LogP contribution in [0.3, 0.4) is 0 Å². The molecule has 3 N–H and O–H groups in total. The number of hydrogen-bond donors (Lipinski definition) is 2. The molecular formula is C12H17N3OS. The summed E-state index contributed by atoms with van der Waals surface area (Å²) in [5.41, 5.74) is 7.83. The van der Waals surface area contributed by atoms with Crippen LogP contribution in [-0.2, 0) is 11.2 Å². The smallest absolute Gasteiger partial charge is 0.238 e. The van der Waals surface area contributed by atoms with Crippen molar-refractivity contribution in [3.05, 3.63) is 23.8 Å². The lowest BCUT2D eigenvalue weighted by Gasteiger charge is -2.28. The Hall–Kier alpha value is -1.04. The molecule has 1 aromatic rings. The molecule has 0 unspecified atom stereocenters. The molecule has 0 aromatic heterocycles. The number of carbonyl (C=O) groups excluding carboxylic acids is 1. The molecule has 0 atom stereocenters. The second kappa shape index (κ2) is 5.53. The van der Waals surface area contributed by atoms with Crippen LogP contribution in [0.1, 0.15) is 5.56 Å². The van der Waals surface area contributed by atoms with Gasteiger partial charge in [0.25, 0.3) is 0 Å². The molecule has 0 spiro atoms. The number of nitrogens with zero attached hydrogens (tertiary/aromatic N) is 1. The van der Waals surface area contributed by atoms with E-state index in [1.807, 2.05) is 7.05 Å². The van der Waals surface area contributed by atoms with Crippen molar-refractivity contribution in [2.75, 3.05) is 30.9 Å². The zero-order chi connectivity index (χ0) is 12.3. The highest BCUT2D eigenvalue weighted by atomic mass is 32.2. The van der Waals surface area contributed by atoms with E-state index in [2.05, 4.69) is 23.5 Å². The van der Waals surface area contributed by atoms with Crippen LogP contribution < -0.4 is 16.0 Å². The lowest BCUT2D eigenvalue weighted by atomic mass is 10.1. The maximum atomic E-state index is 11.7. The zero-order valence-corrected chi connectivity index (χ0v) is 10.7. The Labute approximate surface area is 106 Å². The third kappa shape index (κ3) is 2.62. The molecule has 92 valence electrons. The lowest BCUT2D eigenvalue weighted by Crippen LogP contribution is -2.39. The summed E-state index contributed by atoms with van der Waals surface area (Å²) in [4.78, 5) is 14.5. The van der Waals surface area contributed by atoms with E-state index in [4.69, 9.17) is 5.73 Å². The Morgan fingerprint density at radius 2 is 2.35 bits per heavy atom. The molecule has 0 radical (unpaired) electrons. The lowest BCUT2D eigenvalue weighted by molar-refractivity contribution is -0.116. The van der Waals surface area contributed by atoms with Crippen molar-refractivity contribution >= 4 is 23.4 Å². The van der Waals surface area contributed by atoms with Crippen LogP contribution in [0, 0.1) is 0 Å². The molecule has 1 aliphatic heterocycles. The van der Waals surface area contributed by atoms with Crippen molar-refractivity contribution in [1.29, 1.82) is 0 Å². The van der Waals surface area contributed by atoms with Gasteiger partial charge in [0.15, 0.2) is 0 Å². The fourth-order valence-corrected chi connectivity index (χ4v) is 2.79. The SMILES string of the molecule is CNCCc1ccc2c(c1)N(CN)C(=O)CS2. The number of fused-ring (bicyclic) bond motifs is 1. The van der Waals surface area contributed by atoms with E-state index in [0.29, 0.717) is 5.75 Å². The van der Waals surface area contributed by atoms with Crippen molar-refractivity contribution in [1.82, 2.24) is 5.32 Å². The number of nitrogens with two attached hydrogens (primary N) is 1. The van der Waals surface area contributed by atoms with Crippen molar-refractivity contribution in [2.45, 2.75) is 11.3 Å². The zero-order valence-electron chi connectivity index (χ0n) is 9.90. The summed E-state index contributed by atoms with van der Waals surface area (Å²) in [6.07, 6.45) is 0.959. The molecule has 1 aromatic carbocycles. The summed E-state index contributed by atoms with van der Waals surface area (Å²) in [5, 5.41) is 3.12. The Balaban J connectivity index is 2.28. The van der Waals surface area contributed by atoms with Crippen LogP contribution in [0.5, 0.6) is 0 Å². The third-order valence-electron chi connectivity index (χ3n) is 2.81. The maximum Gasteiger partial charge on any atom is 0.238 e. The predicted molar refractivity (Wildman–Crippen MR) is 71.3 cm³/mol. The van der Waals surface area contributed by atoms with E-state index >= 15 is 0 Å². The van der Waals surface area contributed by atoms with Crippen LogP contribution in [0.2, 0.25) is 0 Å². The van der Waals surface area contributed by atoms with Gasteiger partial charge in [0.05, 0.1) is 18.1 Å². The summed E-state index contributed by atoms with van der Waals surface area (Å²) < 4.78 is 0. The van der Waals surface area contributed by atoms with Crippen LogP contribution in [0.4, 0.5) is 5.69 Å². The fourth-order valence-electron chi connectivity index (χ4n) is 1.87. The van der Waals surface area contributed by atoms with Crippen LogP contribution >= 0.6 is 11.8 Å². The van der Waals surface area contributed by atoms with Crippen molar-refractivity contribution in [3.8, 4) is 0 Å². The summed E-state index contributed by atoms with van der Waals surface area (Å²) in [6, 6.07) is 6.28. The molecule has 0 aliphatic carbocycles. The highest BCUT2D eigenvalue weighted by Gasteiger charge is 2.23. The van der Waals surface area contributed by atoms with E-state index in [-0.39, 0.29) is 12.6 Å². The molecule has 17 heavy (non-hydrogen) atoms. The minimum Gasteiger partial charge on any atom is -0.319 e. The number of benzene rings is 1. The molecule has 2 rings (SSSR count). The van der Waals surface area contributed by atoms with E-state index in [1.165, 1.54) is 5.56 Å². The van der Waals surface area contributed by atoms with Gasteiger partial charge in [0, 0.05) is 4.90 Å². The van der Waals surface area contributed by atoms with Gasteiger partial charge < -0.3 is 11.1 Å². The maximum absolute atomic E-state index is 11.7. The average molecular weight is 251 g/mol. The minimum absolute atomic E-state index is 0.0933. The second-order valence-corrected chi connectivity index (χ2v) is 4.97. The average Bonchev–Trinajstić information content (AvgIpc) is 2.36. The number of amides is 1. The minimum atomic E-state index is 0.0933. The first-order valence-corrected chi connectivity index (χ1v) is 6.65. The normalized spacial score (nSPS) is 14.9. The van der Waals surface area contributed by atoms with Crippen LogP contribution in [-0.4, -0.2) is 31.9 Å². The van der Waals surface area contributed by atoms with Crippen molar-refractivity contribution in [3.63, 3.8) is 0 Å². The van der Waals surface area contributed by atoms with Crippen LogP contribution in [0.15, 0.2) is 23.1 Å². The first kappa shape index (κ1) is 12.4. The highest BCUT2D eigenvalue weighted by molar-refractivity contribution is 8.00. The first-order valence-electron chi connectivity index (χ1n) is 5.67. The molecule has 0 saturated carbocycles. The molecule has 5 heteroatoms. The van der Waals surface area contributed by atoms with Gasteiger partial charge in [-0.3, -0.25) is 9.69 Å². The quantitative estimate of drug-likeness (QED) is 0.831. The molecular weight excluding hydrogens is 234 g/mol. The summed E-state index contributed by atoms with van der Waals surface area (Å²) in [6.45, 7) is 1.18.